The van der Waals surface area contributed by atoms with Gasteiger partial charge in [0.2, 0.25) is 0 Å². The van der Waals surface area contributed by atoms with E-state index in [0.717, 1.165) is 11.2 Å². The molecule has 19 heavy (non-hydrogen) atoms. The monoisotopic (exact) mass is 325 g/mol. The lowest BCUT2D eigenvalue weighted by molar-refractivity contribution is 0.0174. The first-order valence-electron chi connectivity index (χ1n) is 6.08. The van der Waals surface area contributed by atoms with E-state index < -0.39 is 12.2 Å². The van der Waals surface area contributed by atoms with E-state index in [1.165, 1.54) is 6.07 Å². The first-order chi connectivity index (χ1) is 9.02. The highest BCUT2D eigenvalue weighted by Gasteiger charge is 2.18. The number of fused-ring (bicyclic) bond motifs is 1. The van der Waals surface area contributed by atoms with Gasteiger partial charge in [-0.25, -0.2) is 0 Å². The SMILES string of the molecule is Cc1cc(=O)c2cc(C(O)C(O)CCBr)ccc2[nH]1. The van der Waals surface area contributed by atoms with Crippen LogP contribution in [-0.4, -0.2) is 26.6 Å². The van der Waals surface area contributed by atoms with E-state index >= 15 is 0 Å². The second-order valence-electron chi connectivity index (χ2n) is 4.61. The van der Waals surface area contributed by atoms with Crippen LogP contribution in [0.1, 0.15) is 23.8 Å². The molecule has 0 spiro atoms. The van der Waals surface area contributed by atoms with Crippen LogP contribution in [0.3, 0.4) is 0 Å². The molecule has 1 aromatic carbocycles. The first kappa shape index (κ1) is 14.2. The van der Waals surface area contributed by atoms with Crippen LogP contribution in [0.25, 0.3) is 10.9 Å². The fraction of sp³-hybridized carbons (Fsp3) is 0.357. The normalized spacial score (nSPS) is 14.5. The number of benzene rings is 1. The van der Waals surface area contributed by atoms with E-state index in [0.29, 0.717) is 22.7 Å². The minimum atomic E-state index is -0.984. The largest absolute Gasteiger partial charge is 0.390 e. The predicted molar refractivity (Wildman–Crippen MR) is 78.7 cm³/mol. The molecule has 2 rings (SSSR count). The van der Waals surface area contributed by atoms with Crippen molar-refractivity contribution in [3.63, 3.8) is 0 Å². The average molecular weight is 326 g/mol. The van der Waals surface area contributed by atoms with Crippen LogP contribution in [0.15, 0.2) is 29.1 Å². The quantitative estimate of drug-likeness (QED) is 0.753. The van der Waals surface area contributed by atoms with Gasteiger partial charge in [-0.15, -0.1) is 0 Å². The maximum absolute atomic E-state index is 11.9. The van der Waals surface area contributed by atoms with Crippen LogP contribution >= 0.6 is 15.9 Å². The van der Waals surface area contributed by atoms with Crippen molar-refractivity contribution in [3.05, 3.63) is 45.7 Å². The number of halogens is 1. The molecular weight excluding hydrogens is 310 g/mol. The molecule has 4 nitrogen and oxygen atoms in total. The first-order valence-corrected chi connectivity index (χ1v) is 7.20. The lowest BCUT2D eigenvalue weighted by Gasteiger charge is -2.17. The third-order valence-electron chi connectivity index (χ3n) is 3.10. The Labute approximate surface area is 119 Å². The van der Waals surface area contributed by atoms with Crippen LogP contribution in [0.5, 0.6) is 0 Å². The number of hydrogen-bond donors (Lipinski definition) is 3. The van der Waals surface area contributed by atoms with Crippen LogP contribution in [-0.2, 0) is 0 Å². The van der Waals surface area contributed by atoms with E-state index in [1.807, 2.05) is 6.92 Å². The number of nitrogens with one attached hydrogen (secondary N) is 1. The zero-order chi connectivity index (χ0) is 14.0. The van der Waals surface area contributed by atoms with Crippen molar-refractivity contribution in [3.8, 4) is 0 Å². The Balaban J connectivity index is 2.44. The average Bonchev–Trinajstić information content (AvgIpc) is 2.37. The molecule has 102 valence electrons. The second-order valence-corrected chi connectivity index (χ2v) is 5.40. The van der Waals surface area contributed by atoms with Gasteiger partial charge < -0.3 is 15.2 Å². The fourth-order valence-corrected chi connectivity index (χ4v) is 2.54. The smallest absolute Gasteiger partial charge is 0.189 e. The third-order valence-corrected chi connectivity index (χ3v) is 3.56. The van der Waals surface area contributed by atoms with Gasteiger partial charge in [0.05, 0.1) is 6.10 Å². The van der Waals surface area contributed by atoms with Gasteiger partial charge >= 0.3 is 0 Å². The summed E-state index contributed by atoms with van der Waals surface area (Å²) in [5.41, 5.74) is 1.99. The van der Waals surface area contributed by atoms with Gasteiger partial charge in [-0.1, -0.05) is 22.0 Å². The number of aliphatic hydroxyl groups excluding tert-OH is 2. The van der Waals surface area contributed by atoms with Gasteiger partial charge in [-0.2, -0.15) is 0 Å². The lowest BCUT2D eigenvalue weighted by atomic mass is 10.0. The van der Waals surface area contributed by atoms with Crippen LogP contribution in [0.4, 0.5) is 0 Å². The van der Waals surface area contributed by atoms with Gasteiger partial charge in [-0.05, 0) is 31.0 Å². The molecule has 0 aliphatic rings. The Morgan fingerprint density at radius 3 is 2.74 bits per heavy atom. The summed E-state index contributed by atoms with van der Waals surface area (Å²) >= 11 is 3.22. The molecule has 2 atom stereocenters. The molecule has 0 radical (unpaired) electrons. The zero-order valence-corrected chi connectivity index (χ0v) is 12.1. The van der Waals surface area contributed by atoms with Gasteiger partial charge in [0.1, 0.15) is 6.10 Å². The molecule has 5 heteroatoms. The Kier molecular flexibility index (Phi) is 4.39. The van der Waals surface area contributed by atoms with Crippen molar-refractivity contribution >= 4 is 26.8 Å². The van der Waals surface area contributed by atoms with Gasteiger partial charge in [0.15, 0.2) is 5.43 Å². The second kappa shape index (κ2) is 5.86. The summed E-state index contributed by atoms with van der Waals surface area (Å²) in [6.07, 6.45) is -1.38. The molecule has 0 saturated heterocycles. The summed E-state index contributed by atoms with van der Waals surface area (Å²) < 4.78 is 0. The Morgan fingerprint density at radius 1 is 1.32 bits per heavy atom. The van der Waals surface area contributed by atoms with Crippen molar-refractivity contribution < 1.29 is 10.2 Å². The Hall–Kier alpha value is -1.17. The Morgan fingerprint density at radius 2 is 2.05 bits per heavy atom. The summed E-state index contributed by atoms with van der Waals surface area (Å²) in [5.74, 6) is 0. The van der Waals surface area contributed by atoms with Crippen molar-refractivity contribution in [2.75, 3.05) is 5.33 Å². The van der Waals surface area contributed by atoms with Crippen molar-refractivity contribution in [2.45, 2.75) is 25.6 Å². The topological polar surface area (TPSA) is 73.3 Å². The third kappa shape index (κ3) is 3.05. The molecule has 3 N–H and O–H groups in total. The number of aryl methyl sites for hydroxylation is 1. The van der Waals surface area contributed by atoms with Crippen LogP contribution in [0, 0.1) is 6.92 Å². The number of rotatable bonds is 4. The maximum atomic E-state index is 11.9. The molecule has 1 aromatic heterocycles. The van der Waals surface area contributed by atoms with Crippen molar-refractivity contribution in [1.29, 1.82) is 0 Å². The van der Waals surface area contributed by atoms with E-state index in [1.54, 1.807) is 18.2 Å². The minimum absolute atomic E-state index is 0.0877. The number of alkyl halides is 1. The molecule has 0 aliphatic heterocycles. The molecule has 2 aromatic rings. The van der Waals surface area contributed by atoms with E-state index in [2.05, 4.69) is 20.9 Å². The molecule has 1 heterocycles. The summed E-state index contributed by atoms with van der Waals surface area (Å²) in [6, 6.07) is 6.63. The van der Waals surface area contributed by atoms with Crippen LogP contribution in [0.2, 0.25) is 0 Å². The van der Waals surface area contributed by atoms with Crippen molar-refractivity contribution in [2.24, 2.45) is 0 Å². The van der Waals surface area contributed by atoms with E-state index in [4.69, 9.17) is 0 Å². The number of aromatic nitrogens is 1. The van der Waals surface area contributed by atoms with Crippen molar-refractivity contribution in [1.82, 2.24) is 4.98 Å². The summed E-state index contributed by atoms with van der Waals surface area (Å²) in [7, 11) is 0. The predicted octanol–water partition coefficient (Wildman–Crippen LogP) is 2.02. The molecular formula is C14H16BrNO3. The summed E-state index contributed by atoms with van der Waals surface area (Å²) in [6.45, 7) is 1.82. The number of aliphatic hydroxyl groups is 2. The summed E-state index contributed by atoms with van der Waals surface area (Å²) in [4.78, 5) is 15.0. The number of pyridine rings is 1. The van der Waals surface area contributed by atoms with Gasteiger partial charge in [-0.3, -0.25) is 4.79 Å². The Bertz CT molecular complexity index is 638. The molecule has 0 aliphatic carbocycles. The molecule has 0 amide bonds. The number of H-pyrrole nitrogens is 1. The summed E-state index contributed by atoms with van der Waals surface area (Å²) in [5, 5.41) is 21.0. The van der Waals surface area contributed by atoms with E-state index in [-0.39, 0.29) is 5.43 Å². The number of hydrogen-bond acceptors (Lipinski definition) is 3. The highest BCUT2D eigenvalue weighted by Crippen LogP contribution is 2.22. The molecule has 0 saturated carbocycles. The van der Waals surface area contributed by atoms with E-state index in [9.17, 15) is 15.0 Å². The standard InChI is InChI=1S/C14H16BrNO3/c1-8-6-13(18)10-7-9(2-3-11(10)16-8)14(19)12(17)4-5-15/h2-3,6-7,12,14,17,19H,4-5H2,1H3,(H,16,18). The number of aromatic amines is 1. The van der Waals surface area contributed by atoms with Gasteiger partial charge in [0, 0.05) is 28.0 Å². The molecule has 0 bridgehead atoms. The maximum Gasteiger partial charge on any atom is 0.189 e. The fourth-order valence-electron chi connectivity index (χ4n) is 2.07. The highest BCUT2D eigenvalue weighted by molar-refractivity contribution is 9.09. The van der Waals surface area contributed by atoms with Crippen LogP contribution < -0.4 is 5.43 Å². The lowest BCUT2D eigenvalue weighted by Crippen LogP contribution is -2.19. The van der Waals surface area contributed by atoms with Gasteiger partial charge in [0.25, 0.3) is 0 Å². The molecule has 0 fully saturated rings. The minimum Gasteiger partial charge on any atom is -0.390 e. The zero-order valence-electron chi connectivity index (χ0n) is 10.6. The molecule has 2 unspecified atom stereocenters. The highest BCUT2D eigenvalue weighted by atomic mass is 79.9.